The van der Waals surface area contributed by atoms with Gasteiger partial charge in [-0.3, -0.25) is 9.59 Å². The van der Waals surface area contributed by atoms with E-state index in [1.54, 1.807) is 0 Å². The van der Waals surface area contributed by atoms with Crippen molar-refractivity contribution in [3.05, 3.63) is 76.6 Å². The molecule has 0 aliphatic heterocycles. The van der Waals surface area contributed by atoms with Crippen LogP contribution in [0.25, 0.3) is 0 Å². The van der Waals surface area contributed by atoms with Crippen LogP contribution >= 0.6 is 11.8 Å². The van der Waals surface area contributed by atoms with Crippen molar-refractivity contribution in [3.63, 3.8) is 0 Å². The van der Waals surface area contributed by atoms with Crippen molar-refractivity contribution in [2.24, 2.45) is 12.8 Å². The van der Waals surface area contributed by atoms with E-state index >= 15 is 0 Å². The third-order valence-corrected chi connectivity index (χ3v) is 5.99. The van der Waals surface area contributed by atoms with Gasteiger partial charge in [-0.2, -0.15) is 0 Å². The highest BCUT2D eigenvalue weighted by Crippen LogP contribution is 2.37. The fraction of sp³-hybridized carbons (Fsp3) is 0.273. The van der Waals surface area contributed by atoms with Gasteiger partial charge in [-0.25, -0.2) is 0 Å². The normalized spacial score (nSPS) is 12.0. The number of carbonyl (C=O) groups is 2. The van der Waals surface area contributed by atoms with Crippen LogP contribution < -0.4 is 5.73 Å². The van der Waals surface area contributed by atoms with E-state index in [-0.39, 0.29) is 18.1 Å². The molecule has 150 valence electrons. The van der Waals surface area contributed by atoms with Gasteiger partial charge in [0.2, 0.25) is 5.91 Å². The number of Topliss-reactive ketones (excluding diaryl/α,β-unsaturated/α-hetero) is 1. The maximum absolute atomic E-state index is 13.3. The van der Waals surface area contributed by atoms with E-state index < -0.39 is 5.25 Å². The molecule has 0 unspecified atom stereocenters. The summed E-state index contributed by atoms with van der Waals surface area (Å²) in [6.07, 6.45) is 0.626. The first-order valence-corrected chi connectivity index (χ1v) is 10.2. The molecular weight excluding hydrogens is 384 g/mol. The van der Waals surface area contributed by atoms with Crippen LogP contribution in [0.3, 0.4) is 0 Å². The molecule has 0 spiro atoms. The van der Waals surface area contributed by atoms with Crippen molar-refractivity contribution in [2.45, 2.75) is 37.1 Å². The van der Waals surface area contributed by atoms with E-state index in [1.807, 2.05) is 74.0 Å². The zero-order valence-electron chi connectivity index (χ0n) is 16.8. The molecule has 3 aromatic rings. The van der Waals surface area contributed by atoms with Crippen LogP contribution in [0, 0.1) is 13.8 Å². The summed E-state index contributed by atoms with van der Waals surface area (Å²) in [6.45, 7) is 4.01. The quantitative estimate of drug-likeness (QED) is 0.454. The molecule has 0 bridgehead atoms. The Kier molecular flexibility index (Phi) is 6.49. The molecule has 0 aliphatic carbocycles. The van der Waals surface area contributed by atoms with Crippen molar-refractivity contribution >= 4 is 23.5 Å². The number of amides is 1. The van der Waals surface area contributed by atoms with Gasteiger partial charge in [-0.15, -0.1) is 10.2 Å². The number of thioether (sulfide) groups is 1. The molecule has 7 heteroatoms. The number of ketones is 1. The van der Waals surface area contributed by atoms with Crippen molar-refractivity contribution in [2.75, 3.05) is 0 Å². The Bertz CT molecular complexity index is 1010. The summed E-state index contributed by atoms with van der Waals surface area (Å²) in [7, 11) is 1.83. The summed E-state index contributed by atoms with van der Waals surface area (Å²) >= 11 is 1.36. The lowest BCUT2D eigenvalue weighted by Crippen LogP contribution is -2.13. The van der Waals surface area contributed by atoms with Crippen LogP contribution in [0.4, 0.5) is 0 Å². The zero-order chi connectivity index (χ0) is 21.0. The zero-order valence-corrected chi connectivity index (χ0v) is 17.6. The van der Waals surface area contributed by atoms with E-state index in [0.29, 0.717) is 23.0 Å². The number of nitrogens with zero attached hydrogens (tertiary/aromatic N) is 3. The summed E-state index contributed by atoms with van der Waals surface area (Å²) in [5.74, 6) is 0.298. The third kappa shape index (κ3) is 5.12. The lowest BCUT2D eigenvalue weighted by atomic mass is 10.0. The van der Waals surface area contributed by atoms with Crippen molar-refractivity contribution in [1.82, 2.24) is 14.8 Å². The van der Waals surface area contributed by atoms with Crippen molar-refractivity contribution in [3.8, 4) is 0 Å². The molecule has 0 fully saturated rings. The summed E-state index contributed by atoms with van der Waals surface area (Å²) in [5, 5.41) is 8.57. The average molecular weight is 409 g/mol. The fourth-order valence-corrected chi connectivity index (χ4v) is 3.99. The summed E-state index contributed by atoms with van der Waals surface area (Å²) in [4.78, 5) is 24.4. The number of rotatable bonds is 8. The Morgan fingerprint density at radius 1 is 1.00 bits per heavy atom. The summed E-state index contributed by atoms with van der Waals surface area (Å²) in [6, 6.07) is 15.5. The standard InChI is InChI=1S/C22H24N4O2S/c1-14-4-8-16(9-5-14)20(28)21(17-10-6-15(2)7-11-17)29-22-25-24-19(26(22)3)13-12-18(23)27/h4-11,21H,12-13H2,1-3H3,(H2,23,27)/t21-/m0/s1. The van der Waals surface area contributed by atoms with Crippen LogP contribution in [0.5, 0.6) is 0 Å². The number of hydrogen-bond donors (Lipinski definition) is 1. The highest BCUT2D eigenvalue weighted by molar-refractivity contribution is 8.00. The number of nitrogens with two attached hydrogens (primary N) is 1. The highest BCUT2D eigenvalue weighted by atomic mass is 32.2. The lowest BCUT2D eigenvalue weighted by molar-refractivity contribution is -0.118. The van der Waals surface area contributed by atoms with Crippen LogP contribution in [-0.4, -0.2) is 26.5 Å². The van der Waals surface area contributed by atoms with E-state index in [4.69, 9.17) is 5.73 Å². The second-order valence-corrected chi connectivity index (χ2v) is 8.14. The van der Waals surface area contributed by atoms with Crippen molar-refractivity contribution in [1.29, 1.82) is 0 Å². The minimum absolute atomic E-state index is 0.0144. The van der Waals surface area contributed by atoms with Gasteiger partial charge >= 0.3 is 0 Å². The lowest BCUT2D eigenvalue weighted by Gasteiger charge is -2.16. The third-order valence-electron chi connectivity index (χ3n) is 4.70. The van der Waals surface area contributed by atoms with Gasteiger partial charge in [0.1, 0.15) is 11.1 Å². The number of hydrogen-bond acceptors (Lipinski definition) is 5. The molecule has 0 saturated heterocycles. The van der Waals surface area contributed by atoms with E-state index in [1.165, 1.54) is 11.8 Å². The molecule has 1 amide bonds. The predicted octanol–water partition coefficient (Wildman–Crippen LogP) is 3.57. The summed E-state index contributed by atoms with van der Waals surface area (Å²) in [5.41, 5.74) is 9.04. The molecule has 0 saturated carbocycles. The number of primary amides is 1. The number of aromatic nitrogens is 3. The first-order valence-electron chi connectivity index (χ1n) is 9.36. The summed E-state index contributed by atoms with van der Waals surface area (Å²) < 4.78 is 1.82. The molecule has 1 aromatic heterocycles. The molecule has 1 heterocycles. The van der Waals surface area contributed by atoms with Crippen LogP contribution in [0.1, 0.15) is 44.5 Å². The smallest absolute Gasteiger partial charge is 0.217 e. The largest absolute Gasteiger partial charge is 0.370 e. The number of aryl methyl sites for hydroxylation is 3. The Hall–Kier alpha value is -2.93. The highest BCUT2D eigenvalue weighted by Gasteiger charge is 2.26. The molecule has 2 N–H and O–H groups in total. The fourth-order valence-electron chi connectivity index (χ4n) is 2.89. The van der Waals surface area contributed by atoms with E-state index in [9.17, 15) is 9.59 Å². The van der Waals surface area contributed by atoms with Gasteiger partial charge in [0.15, 0.2) is 10.9 Å². The Morgan fingerprint density at radius 2 is 1.59 bits per heavy atom. The second kappa shape index (κ2) is 9.05. The van der Waals surface area contributed by atoms with Gasteiger partial charge < -0.3 is 10.3 Å². The molecular formula is C22H24N4O2S. The molecule has 2 aromatic carbocycles. The monoisotopic (exact) mass is 408 g/mol. The first-order chi connectivity index (χ1) is 13.8. The molecule has 3 rings (SSSR count). The van der Waals surface area contributed by atoms with Gasteiger partial charge in [-0.05, 0) is 19.4 Å². The minimum Gasteiger partial charge on any atom is -0.370 e. The molecule has 6 nitrogen and oxygen atoms in total. The van der Waals surface area contributed by atoms with Crippen LogP contribution in [-0.2, 0) is 18.3 Å². The molecule has 1 atom stereocenters. The van der Waals surface area contributed by atoms with Crippen LogP contribution in [0.15, 0.2) is 53.7 Å². The van der Waals surface area contributed by atoms with Gasteiger partial charge in [0.25, 0.3) is 0 Å². The Balaban J connectivity index is 1.91. The van der Waals surface area contributed by atoms with E-state index in [0.717, 1.165) is 16.7 Å². The average Bonchev–Trinajstić information content (AvgIpc) is 3.05. The second-order valence-electron chi connectivity index (χ2n) is 7.06. The predicted molar refractivity (Wildman–Crippen MR) is 114 cm³/mol. The maximum Gasteiger partial charge on any atom is 0.217 e. The Labute approximate surface area is 174 Å². The minimum atomic E-state index is -0.454. The Morgan fingerprint density at radius 3 is 2.17 bits per heavy atom. The molecule has 0 aliphatic rings. The number of carbonyl (C=O) groups excluding carboxylic acids is 2. The topological polar surface area (TPSA) is 90.9 Å². The van der Waals surface area contributed by atoms with Gasteiger partial charge in [0.05, 0.1) is 0 Å². The van der Waals surface area contributed by atoms with Crippen molar-refractivity contribution < 1.29 is 9.59 Å². The first kappa shape index (κ1) is 20.8. The SMILES string of the molecule is Cc1ccc(C(=O)[C@@H](Sc2nnc(CCC(N)=O)n2C)c2ccc(C)cc2)cc1. The van der Waals surface area contributed by atoms with Gasteiger partial charge in [-0.1, -0.05) is 71.4 Å². The van der Waals surface area contributed by atoms with Gasteiger partial charge in [0, 0.05) is 25.5 Å². The van der Waals surface area contributed by atoms with E-state index in [2.05, 4.69) is 10.2 Å². The van der Waals surface area contributed by atoms with Crippen LogP contribution in [0.2, 0.25) is 0 Å². The molecule has 29 heavy (non-hydrogen) atoms. The molecule has 0 radical (unpaired) electrons. The maximum atomic E-state index is 13.3. The number of benzene rings is 2.